The maximum atomic E-state index is 13.5. The summed E-state index contributed by atoms with van der Waals surface area (Å²) in [5.41, 5.74) is 3.26. The Labute approximate surface area is 238 Å². The van der Waals surface area contributed by atoms with Crippen molar-refractivity contribution in [2.45, 2.75) is 59.9 Å². The van der Waals surface area contributed by atoms with E-state index in [0.717, 1.165) is 28.9 Å². The molecule has 40 heavy (non-hydrogen) atoms. The molecule has 210 valence electrons. The van der Waals surface area contributed by atoms with Gasteiger partial charge in [0.2, 0.25) is 0 Å². The quantitative estimate of drug-likeness (QED) is 0.138. The Morgan fingerprint density at radius 2 is 1.80 bits per heavy atom. The van der Waals surface area contributed by atoms with Crippen molar-refractivity contribution in [3.8, 4) is 5.75 Å². The summed E-state index contributed by atoms with van der Waals surface area (Å²) in [6.07, 6.45) is 0.855. The van der Waals surface area contributed by atoms with Crippen LogP contribution in [0, 0.1) is 13.8 Å². The minimum atomic E-state index is -0.946. The van der Waals surface area contributed by atoms with Crippen LogP contribution in [0.2, 0.25) is 0 Å². The fourth-order valence-electron chi connectivity index (χ4n) is 4.61. The molecule has 1 aliphatic heterocycles. The van der Waals surface area contributed by atoms with Gasteiger partial charge in [-0.1, -0.05) is 56.4 Å². The third-order valence-electron chi connectivity index (χ3n) is 6.73. The van der Waals surface area contributed by atoms with Gasteiger partial charge in [0, 0.05) is 5.56 Å². The first kappa shape index (κ1) is 29.0. The Morgan fingerprint density at radius 1 is 1.10 bits per heavy atom. The topological polar surface area (TPSA) is 106 Å². The van der Waals surface area contributed by atoms with Crippen LogP contribution in [0.5, 0.6) is 5.75 Å². The van der Waals surface area contributed by atoms with Gasteiger partial charge in [-0.05, 0) is 68.0 Å². The van der Waals surface area contributed by atoms with Crippen LogP contribution in [0.4, 0.5) is 5.13 Å². The van der Waals surface area contributed by atoms with Gasteiger partial charge in [0.05, 0.1) is 30.5 Å². The number of Topliss-reactive ketones (excluding diaryl/α,β-unsaturated/α-hetero) is 1. The molecule has 1 saturated heterocycles. The van der Waals surface area contributed by atoms with Crippen molar-refractivity contribution in [1.82, 2.24) is 4.98 Å². The van der Waals surface area contributed by atoms with Gasteiger partial charge in [-0.25, -0.2) is 9.78 Å². The van der Waals surface area contributed by atoms with Crippen molar-refractivity contribution in [2.75, 3.05) is 18.1 Å². The number of carbonyl (C=O) groups is 3. The number of hydrogen-bond donors (Lipinski definition) is 1. The van der Waals surface area contributed by atoms with Crippen LogP contribution in [0.15, 0.2) is 48.0 Å². The number of aliphatic hydroxyl groups is 1. The Hall–Kier alpha value is -3.98. The van der Waals surface area contributed by atoms with E-state index >= 15 is 0 Å². The van der Waals surface area contributed by atoms with E-state index in [1.54, 1.807) is 32.0 Å². The number of amides is 1. The summed E-state index contributed by atoms with van der Waals surface area (Å²) >= 11 is 0.985. The highest BCUT2D eigenvalue weighted by Gasteiger charge is 2.48. The number of ether oxygens (including phenoxy) is 2. The van der Waals surface area contributed by atoms with Crippen molar-refractivity contribution in [3.05, 3.63) is 80.9 Å². The smallest absolute Gasteiger partial charge is 0.350 e. The Balaban J connectivity index is 1.87. The van der Waals surface area contributed by atoms with Crippen molar-refractivity contribution in [3.63, 3.8) is 0 Å². The van der Waals surface area contributed by atoms with E-state index in [1.807, 2.05) is 38.1 Å². The first-order chi connectivity index (χ1) is 19.1. The molecule has 9 heteroatoms. The van der Waals surface area contributed by atoms with E-state index in [2.05, 4.69) is 18.8 Å². The van der Waals surface area contributed by atoms with E-state index < -0.39 is 23.7 Å². The second kappa shape index (κ2) is 12.0. The average molecular weight is 563 g/mol. The fourth-order valence-corrected chi connectivity index (χ4v) is 5.59. The molecule has 0 spiro atoms. The van der Waals surface area contributed by atoms with Gasteiger partial charge in [-0.15, -0.1) is 0 Å². The van der Waals surface area contributed by atoms with Gasteiger partial charge >= 0.3 is 11.9 Å². The molecule has 1 N–H and O–H groups in total. The highest BCUT2D eigenvalue weighted by molar-refractivity contribution is 7.17. The van der Waals surface area contributed by atoms with Gasteiger partial charge in [-0.2, -0.15) is 0 Å². The van der Waals surface area contributed by atoms with Crippen LogP contribution in [-0.2, 0) is 14.3 Å². The van der Waals surface area contributed by atoms with Crippen molar-refractivity contribution < 1.29 is 29.0 Å². The monoisotopic (exact) mass is 562 g/mol. The molecule has 8 nitrogen and oxygen atoms in total. The summed E-state index contributed by atoms with van der Waals surface area (Å²) in [5, 5.41) is 11.7. The fraction of sp³-hybridized carbons (Fsp3) is 0.355. The van der Waals surface area contributed by atoms with E-state index in [1.165, 1.54) is 4.90 Å². The van der Waals surface area contributed by atoms with Gasteiger partial charge in [0.15, 0.2) is 5.13 Å². The van der Waals surface area contributed by atoms with Crippen molar-refractivity contribution >= 4 is 39.9 Å². The molecule has 4 rings (SSSR count). The van der Waals surface area contributed by atoms with E-state index in [-0.39, 0.29) is 33.9 Å². The van der Waals surface area contributed by atoms with Crippen LogP contribution in [0.1, 0.15) is 83.7 Å². The van der Waals surface area contributed by atoms with E-state index in [9.17, 15) is 19.5 Å². The van der Waals surface area contributed by atoms with Crippen LogP contribution in [0.3, 0.4) is 0 Å². The molecule has 0 radical (unpaired) electrons. The first-order valence-electron chi connectivity index (χ1n) is 13.4. The predicted octanol–water partition coefficient (Wildman–Crippen LogP) is 6.48. The molecule has 1 fully saturated rings. The minimum Gasteiger partial charge on any atom is -0.507 e. The standard InChI is InChI=1S/C31H34N2O6S/c1-7-15-39-23-14-13-22(16-18(23)5)26(34)24-25(21-11-9-20(10-12-21)17(3)4)33(29(36)27(24)35)31-32-19(6)28(40-31)30(37)38-8-2/h9-14,16-17,25,34H,7-8,15H2,1-6H3/t25-/m0/s1. The van der Waals surface area contributed by atoms with Gasteiger partial charge < -0.3 is 14.6 Å². The van der Waals surface area contributed by atoms with Gasteiger partial charge in [-0.3, -0.25) is 14.5 Å². The number of ketones is 1. The zero-order valence-corrected chi connectivity index (χ0v) is 24.4. The minimum absolute atomic E-state index is 0.0468. The maximum Gasteiger partial charge on any atom is 0.350 e. The number of nitrogens with zero attached hydrogens (tertiary/aromatic N) is 2. The second-order valence-electron chi connectivity index (χ2n) is 9.95. The van der Waals surface area contributed by atoms with E-state index in [4.69, 9.17) is 9.47 Å². The van der Waals surface area contributed by atoms with Gasteiger partial charge in [0.1, 0.15) is 16.4 Å². The molecular formula is C31H34N2O6S. The molecule has 0 bridgehead atoms. The molecule has 0 unspecified atom stereocenters. The number of rotatable bonds is 9. The van der Waals surface area contributed by atoms with Crippen LogP contribution in [-0.4, -0.2) is 41.0 Å². The number of hydrogen-bond acceptors (Lipinski definition) is 8. The number of aromatic nitrogens is 1. The number of aryl methyl sites for hydroxylation is 2. The predicted molar refractivity (Wildman–Crippen MR) is 155 cm³/mol. The Kier molecular flexibility index (Phi) is 8.73. The third-order valence-corrected chi connectivity index (χ3v) is 7.86. The molecular weight excluding hydrogens is 528 g/mol. The maximum absolute atomic E-state index is 13.5. The Morgan fingerprint density at radius 3 is 2.40 bits per heavy atom. The highest BCUT2D eigenvalue weighted by Crippen LogP contribution is 2.44. The van der Waals surface area contributed by atoms with Crippen molar-refractivity contribution in [2.24, 2.45) is 0 Å². The Bertz CT molecular complexity index is 1470. The summed E-state index contributed by atoms with van der Waals surface area (Å²) in [5.74, 6) is -1.52. The molecule has 1 aromatic heterocycles. The van der Waals surface area contributed by atoms with Crippen molar-refractivity contribution in [1.29, 1.82) is 0 Å². The molecule has 0 aliphatic carbocycles. The van der Waals surface area contributed by atoms with Crippen LogP contribution in [0.25, 0.3) is 5.76 Å². The molecule has 1 amide bonds. The summed E-state index contributed by atoms with van der Waals surface area (Å²) in [7, 11) is 0. The average Bonchev–Trinajstić information content (AvgIpc) is 3.44. The molecule has 2 heterocycles. The number of esters is 1. The third kappa shape index (κ3) is 5.51. The summed E-state index contributed by atoms with van der Waals surface area (Å²) in [4.78, 5) is 45.6. The molecule has 2 aromatic carbocycles. The lowest BCUT2D eigenvalue weighted by molar-refractivity contribution is -0.132. The summed E-state index contributed by atoms with van der Waals surface area (Å²) in [6, 6.07) is 11.8. The first-order valence-corrected chi connectivity index (χ1v) is 14.2. The largest absolute Gasteiger partial charge is 0.507 e. The van der Waals surface area contributed by atoms with Crippen LogP contribution >= 0.6 is 11.3 Å². The lowest BCUT2D eigenvalue weighted by Gasteiger charge is -2.23. The van der Waals surface area contributed by atoms with Gasteiger partial charge in [0.25, 0.3) is 5.78 Å². The number of aliphatic hydroxyl groups excluding tert-OH is 1. The second-order valence-corrected chi connectivity index (χ2v) is 10.9. The van der Waals surface area contributed by atoms with Crippen LogP contribution < -0.4 is 9.64 Å². The molecule has 3 aromatic rings. The summed E-state index contributed by atoms with van der Waals surface area (Å²) in [6.45, 7) is 12.1. The highest BCUT2D eigenvalue weighted by atomic mass is 32.1. The molecule has 1 atom stereocenters. The number of anilines is 1. The number of thiazole rings is 1. The SMILES string of the molecule is CCCOc1ccc(C(O)=C2C(=O)C(=O)N(c3nc(C)c(C(=O)OCC)s3)[C@H]2c2ccc(C(C)C)cc2)cc1C. The zero-order valence-electron chi connectivity index (χ0n) is 23.6. The normalized spacial score (nSPS) is 16.6. The zero-order chi connectivity index (χ0) is 29.1. The summed E-state index contributed by atoms with van der Waals surface area (Å²) < 4.78 is 10.9. The lowest BCUT2D eigenvalue weighted by atomic mass is 9.93. The number of carbonyl (C=O) groups excluding carboxylic acids is 3. The molecule has 0 saturated carbocycles. The lowest BCUT2D eigenvalue weighted by Crippen LogP contribution is -2.29. The molecule has 1 aliphatic rings. The van der Waals surface area contributed by atoms with E-state index in [0.29, 0.717) is 29.2 Å². The number of benzene rings is 2.